The van der Waals surface area contributed by atoms with Crippen molar-refractivity contribution < 1.29 is 14.3 Å². The van der Waals surface area contributed by atoms with Gasteiger partial charge in [0.05, 0.1) is 14.2 Å². The van der Waals surface area contributed by atoms with E-state index in [2.05, 4.69) is 4.98 Å². The zero-order valence-electron chi connectivity index (χ0n) is 9.98. The maximum Gasteiger partial charge on any atom is 0.178 e. The van der Waals surface area contributed by atoms with E-state index in [4.69, 9.17) is 9.47 Å². The molecule has 0 aliphatic rings. The molecule has 0 spiro atoms. The number of rotatable bonds is 3. The molecule has 1 aromatic carbocycles. The Kier molecular flexibility index (Phi) is 2.95. The van der Waals surface area contributed by atoms with Gasteiger partial charge in [0.25, 0.3) is 0 Å². The van der Waals surface area contributed by atoms with Crippen LogP contribution in [0.4, 0.5) is 0 Å². The molecule has 0 aliphatic carbocycles. The summed E-state index contributed by atoms with van der Waals surface area (Å²) in [6.07, 6.45) is 1.60. The molecule has 0 aliphatic heterocycles. The van der Waals surface area contributed by atoms with E-state index in [9.17, 15) is 4.79 Å². The molecule has 0 radical (unpaired) electrons. The second-order valence-corrected chi connectivity index (χ2v) is 3.61. The lowest BCUT2D eigenvalue weighted by atomic mass is 10.1. The molecule has 4 nitrogen and oxygen atoms in total. The van der Waals surface area contributed by atoms with Gasteiger partial charge in [0.15, 0.2) is 17.3 Å². The summed E-state index contributed by atoms with van der Waals surface area (Å²) in [7, 11) is 3.15. The van der Waals surface area contributed by atoms with Crippen molar-refractivity contribution in [1.82, 2.24) is 4.98 Å². The monoisotopic (exact) mass is 231 g/mol. The highest BCUT2D eigenvalue weighted by Gasteiger charge is 2.13. The van der Waals surface area contributed by atoms with Crippen molar-refractivity contribution in [1.29, 1.82) is 0 Å². The van der Waals surface area contributed by atoms with Crippen molar-refractivity contribution in [2.75, 3.05) is 14.2 Å². The van der Waals surface area contributed by atoms with Gasteiger partial charge in [0.2, 0.25) is 0 Å². The summed E-state index contributed by atoms with van der Waals surface area (Å²) in [6.45, 7) is 1.50. The highest BCUT2D eigenvalue weighted by Crippen LogP contribution is 2.35. The summed E-state index contributed by atoms with van der Waals surface area (Å²) in [5.41, 5.74) is 0.448. The minimum atomic E-state index is -0.0668. The third-order valence-electron chi connectivity index (χ3n) is 2.62. The van der Waals surface area contributed by atoms with Crippen molar-refractivity contribution >= 4 is 16.6 Å². The molecular weight excluding hydrogens is 218 g/mol. The van der Waals surface area contributed by atoms with E-state index in [1.54, 1.807) is 26.5 Å². The second kappa shape index (κ2) is 4.41. The Morgan fingerprint density at radius 2 is 1.88 bits per heavy atom. The predicted molar refractivity (Wildman–Crippen MR) is 64.9 cm³/mol. The van der Waals surface area contributed by atoms with Gasteiger partial charge in [-0.2, -0.15) is 0 Å². The van der Waals surface area contributed by atoms with Gasteiger partial charge in [-0.1, -0.05) is 0 Å². The van der Waals surface area contributed by atoms with E-state index in [1.165, 1.54) is 6.92 Å². The van der Waals surface area contributed by atoms with Crippen LogP contribution in [0, 0.1) is 0 Å². The van der Waals surface area contributed by atoms with Crippen LogP contribution in [0.1, 0.15) is 17.4 Å². The molecule has 0 amide bonds. The molecule has 0 saturated heterocycles. The Labute approximate surface area is 99.2 Å². The van der Waals surface area contributed by atoms with E-state index in [0.29, 0.717) is 17.2 Å². The van der Waals surface area contributed by atoms with Crippen molar-refractivity contribution in [3.05, 3.63) is 30.1 Å². The molecule has 4 heteroatoms. The number of pyridine rings is 1. The fourth-order valence-electron chi connectivity index (χ4n) is 1.86. The maximum absolute atomic E-state index is 11.5. The molecule has 0 bridgehead atoms. The molecule has 88 valence electrons. The molecule has 0 unspecified atom stereocenters. The highest BCUT2D eigenvalue weighted by atomic mass is 16.5. The number of hydrogen-bond acceptors (Lipinski definition) is 4. The first-order valence-corrected chi connectivity index (χ1v) is 5.19. The van der Waals surface area contributed by atoms with Gasteiger partial charge in [-0.15, -0.1) is 0 Å². The van der Waals surface area contributed by atoms with Crippen molar-refractivity contribution in [3.63, 3.8) is 0 Å². The van der Waals surface area contributed by atoms with Crippen LogP contribution in [0.2, 0.25) is 0 Å². The number of benzene rings is 1. The first-order chi connectivity index (χ1) is 8.19. The molecule has 2 aromatic rings. The number of hydrogen-bond donors (Lipinski definition) is 0. The minimum absolute atomic E-state index is 0.0668. The quantitative estimate of drug-likeness (QED) is 0.761. The van der Waals surface area contributed by atoms with E-state index in [1.807, 2.05) is 12.1 Å². The molecule has 2 rings (SSSR count). The Morgan fingerprint density at radius 1 is 1.12 bits per heavy atom. The fourth-order valence-corrected chi connectivity index (χ4v) is 1.86. The van der Waals surface area contributed by atoms with Crippen molar-refractivity contribution in [2.24, 2.45) is 0 Å². The molecule has 1 aromatic heterocycles. The molecule has 0 N–H and O–H groups in total. The average Bonchev–Trinajstić information content (AvgIpc) is 2.36. The number of fused-ring (bicyclic) bond motifs is 1. The molecule has 1 heterocycles. The number of methoxy groups -OCH3 is 2. The number of carbonyl (C=O) groups is 1. The third-order valence-corrected chi connectivity index (χ3v) is 2.62. The first kappa shape index (κ1) is 11.4. The van der Waals surface area contributed by atoms with Crippen LogP contribution < -0.4 is 9.47 Å². The van der Waals surface area contributed by atoms with Gasteiger partial charge in [0.1, 0.15) is 5.69 Å². The maximum atomic E-state index is 11.5. The van der Waals surface area contributed by atoms with Gasteiger partial charge in [-0.3, -0.25) is 9.78 Å². The van der Waals surface area contributed by atoms with Crippen LogP contribution in [0.25, 0.3) is 10.8 Å². The zero-order valence-corrected chi connectivity index (χ0v) is 9.98. The Bertz CT molecular complexity index is 578. The molecule has 0 saturated carbocycles. The Balaban J connectivity index is 2.83. The molecular formula is C13H13NO3. The Hall–Kier alpha value is -2.10. The average molecular weight is 231 g/mol. The van der Waals surface area contributed by atoms with Gasteiger partial charge in [-0.25, -0.2) is 0 Å². The lowest BCUT2D eigenvalue weighted by Gasteiger charge is -2.11. The largest absolute Gasteiger partial charge is 0.493 e. The zero-order chi connectivity index (χ0) is 12.4. The van der Waals surface area contributed by atoms with E-state index in [-0.39, 0.29) is 5.78 Å². The smallest absolute Gasteiger partial charge is 0.178 e. The summed E-state index contributed by atoms with van der Waals surface area (Å²) < 4.78 is 10.5. The van der Waals surface area contributed by atoms with Crippen LogP contribution in [0.5, 0.6) is 11.5 Å². The van der Waals surface area contributed by atoms with Crippen LogP contribution in [0.3, 0.4) is 0 Å². The summed E-state index contributed by atoms with van der Waals surface area (Å²) in [6, 6.07) is 5.40. The normalized spacial score (nSPS) is 10.3. The SMILES string of the molecule is COc1ccc2c(C(C)=O)nccc2c1OC. The summed E-state index contributed by atoms with van der Waals surface area (Å²) in [5, 5.41) is 1.60. The van der Waals surface area contributed by atoms with E-state index < -0.39 is 0 Å². The van der Waals surface area contributed by atoms with Crippen molar-refractivity contribution in [3.8, 4) is 11.5 Å². The van der Waals surface area contributed by atoms with Gasteiger partial charge < -0.3 is 9.47 Å². The topological polar surface area (TPSA) is 48.4 Å². The number of ketones is 1. The number of nitrogens with zero attached hydrogens (tertiary/aromatic N) is 1. The molecule has 0 atom stereocenters. The predicted octanol–water partition coefficient (Wildman–Crippen LogP) is 2.45. The molecule has 17 heavy (non-hydrogen) atoms. The van der Waals surface area contributed by atoms with E-state index >= 15 is 0 Å². The minimum Gasteiger partial charge on any atom is -0.493 e. The van der Waals surface area contributed by atoms with Crippen molar-refractivity contribution in [2.45, 2.75) is 6.92 Å². The van der Waals surface area contributed by atoms with Crippen LogP contribution in [-0.4, -0.2) is 25.0 Å². The highest BCUT2D eigenvalue weighted by molar-refractivity contribution is 6.07. The number of carbonyl (C=O) groups excluding carboxylic acids is 1. The van der Waals surface area contributed by atoms with E-state index in [0.717, 1.165) is 10.8 Å². The molecule has 0 fully saturated rings. The van der Waals surface area contributed by atoms with Gasteiger partial charge >= 0.3 is 0 Å². The number of ether oxygens (including phenoxy) is 2. The summed E-state index contributed by atoms with van der Waals surface area (Å²) in [4.78, 5) is 15.6. The lowest BCUT2D eigenvalue weighted by Crippen LogP contribution is -1.99. The first-order valence-electron chi connectivity index (χ1n) is 5.19. The summed E-state index contributed by atoms with van der Waals surface area (Å²) in [5.74, 6) is 1.19. The summed E-state index contributed by atoms with van der Waals surface area (Å²) >= 11 is 0. The number of Topliss-reactive ketones (excluding diaryl/α,β-unsaturated/α-hetero) is 1. The fraction of sp³-hybridized carbons (Fsp3) is 0.231. The lowest BCUT2D eigenvalue weighted by molar-refractivity contribution is 0.101. The van der Waals surface area contributed by atoms with Crippen LogP contribution in [0.15, 0.2) is 24.4 Å². The standard InChI is InChI=1S/C13H13NO3/c1-8(15)12-9-4-5-11(16-2)13(17-3)10(9)6-7-14-12/h4-7H,1-3H3. The van der Waals surface area contributed by atoms with Crippen LogP contribution >= 0.6 is 0 Å². The van der Waals surface area contributed by atoms with Gasteiger partial charge in [-0.05, 0) is 18.2 Å². The van der Waals surface area contributed by atoms with Crippen LogP contribution in [-0.2, 0) is 0 Å². The third kappa shape index (κ3) is 1.82. The van der Waals surface area contributed by atoms with Gasteiger partial charge in [0, 0.05) is 23.9 Å². The second-order valence-electron chi connectivity index (χ2n) is 3.61. The Morgan fingerprint density at radius 3 is 2.47 bits per heavy atom. The number of aromatic nitrogens is 1.